The van der Waals surface area contributed by atoms with E-state index >= 15 is 0 Å². The monoisotopic (exact) mass is 347 g/mol. The molecular formula is C19H26FN3O2. The molecule has 1 atom stereocenters. The van der Waals surface area contributed by atoms with Gasteiger partial charge in [0.2, 0.25) is 0 Å². The smallest absolute Gasteiger partial charge is 0.315 e. The number of halogens is 1. The molecule has 1 heterocycles. The molecular weight excluding hydrogens is 321 g/mol. The van der Waals surface area contributed by atoms with Crippen molar-refractivity contribution in [2.24, 2.45) is 0 Å². The number of nitrogens with zero attached hydrogens (tertiary/aromatic N) is 1. The lowest BCUT2D eigenvalue weighted by molar-refractivity contribution is 0.145. The first-order valence-electron chi connectivity index (χ1n) is 9.02. The number of rotatable bonds is 4. The zero-order chi connectivity index (χ0) is 17.6. The normalized spacial score (nSPS) is 21.2. The van der Waals surface area contributed by atoms with Gasteiger partial charge in [-0.05, 0) is 49.8 Å². The number of piperidine rings is 1. The molecule has 5 nitrogen and oxygen atoms in total. The first-order chi connectivity index (χ1) is 12.1. The summed E-state index contributed by atoms with van der Waals surface area (Å²) in [6.07, 6.45) is 8.08. The molecule has 2 aliphatic rings. The molecule has 0 saturated carbocycles. The quantitative estimate of drug-likeness (QED) is 0.734. The molecule has 1 unspecified atom stereocenters. The van der Waals surface area contributed by atoms with Crippen LogP contribution in [0.3, 0.4) is 0 Å². The highest BCUT2D eigenvalue weighted by molar-refractivity contribution is 5.74. The second kappa shape index (κ2) is 8.34. The fourth-order valence-corrected chi connectivity index (χ4v) is 3.37. The van der Waals surface area contributed by atoms with Gasteiger partial charge < -0.3 is 20.6 Å². The second-order valence-electron chi connectivity index (χ2n) is 6.81. The van der Waals surface area contributed by atoms with Crippen LogP contribution in [0.5, 0.6) is 0 Å². The third-order valence-electron chi connectivity index (χ3n) is 4.87. The van der Waals surface area contributed by atoms with E-state index in [2.05, 4.69) is 22.8 Å². The van der Waals surface area contributed by atoms with Crippen molar-refractivity contribution in [3.63, 3.8) is 0 Å². The number of nitrogens with one attached hydrogen (secondary N) is 2. The molecule has 6 heteroatoms. The van der Waals surface area contributed by atoms with Crippen LogP contribution in [0, 0.1) is 5.82 Å². The zero-order valence-corrected chi connectivity index (χ0v) is 14.4. The van der Waals surface area contributed by atoms with Crippen LogP contribution in [-0.4, -0.2) is 36.4 Å². The summed E-state index contributed by atoms with van der Waals surface area (Å²) < 4.78 is 14.4. The van der Waals surface area contributed by atoms with Crippen LogP contribution in [-0.2, 0) is 6.54 Å². The number of hydrogen-bond acceptors (Lipinski definition) is 3. The third-order valence-corrected chi connectivity index (χ3v) is 4.87. The molecule has 2 amide bonds. The van der Waals surface area contributed by atoms with Gasteiger partial charge >= 0.3 is 6.03 Å². The fourth-order valence-electron chi connectivity index (χ4n) is 3.37. The van der Waals surface area contributed by atoms with Crippen LogP contribution >= 0.6 is 0 Å². The fraction of sp³-hybridized carbons (Fsp3) is 0.526. The predicted octanol–water partition coefficient (Wildman–Crippen LogP) is 2.69. The Balaban J connectivity index is 1.50. The van der Waals surface area contributed by atoms with Crippen LogP contribution < -0.4 is 15.5 Å². The average Bonchev–Trinajstić information content (AvgIpc) is 2.62. The molecule has 0 bridgehead atoms. The highest BCUT2D eigenvalue weighted by Crippen LogP contribution is 2.24. The zero-order valence-electron chi connectivity index (χ0n) is 14.4. The lowest BCUT2D eigenvalue weighted by Gasteiger charge is -2.31. The molecule has 3 rings (SSSR count). The van der Waals surface area contributed by atoms with Crippen LogP contribution in [0.15, 0.2) is 30.4 Å². The van der Waals surface area contributed by atoms with Crippen molar-refractivity contribution in [2.45, 2.75) is 50.8 Å². The maximum absolute atomic E-state index is 14.4. The minimum Gasteiger partial charge on any atom is -0.393 e. The Kier molecular flexibility index (Phi) is 5.91. The highest BCUT2D eigenvalue weighted by Gasteiger charge is 2.20. The lowest BCUT2D eigenvalue weighted by Crippen LogP contribution is -2.42. The molecule has 25 heavy (non-hydrogen) atoms. The molecule has 1 fully saturated rings. The SMILES string of the molecule is O=C(NCc1ccc(N2CCC(O)CC2)c(F)c1)NC1CC=CCC1. The number of urea groups is 1. The molecule has 1 aliphatic heterocycles. The van der Waals surface area contributed by atoms with Crippen LogP contribution in [0.25, 0.3) is 0 Å². The van der Waals surface area contributed by atoms with E-state index in [0.717, 1.165) is 24.8 Å². The number of aliphatic hydroxyl groups is 1. The number of aliphatic hydroxyl groups excluding tert-OH is 1. The number of benzene rings is 1. The molecule has 0 spiro atoms. The van der Waals surface area contributed by atoms with Crippen molar-refractivity contribution >= 4 is 11.7 Å². The predicted molar refractivity (Wildman–Crippen MR) is 96.0 cm³/mol. The standard InChI is InChI=1S/C19H26FN3O2/c20-17-12-14(6-7-18(17)23-10-8-16(24)9-11-23)13-21-19(25)22-15-4-2-1-3-5-15/h1-2,6-7,12,15-16,24H,3-5,8-11,13H2,(H2,21,22,25). The number of carbonyl (C=O) groups excluding carboxylic acids is 1. The van der Waals surface area contributed by atoms with Crippen molar-refractivity contribution in [2.75, 3.05) is 18.0 Å². The maximum Gasteiger partial charge on any atom is 0.315 e. The van der Waals surface area contributed by atoms with E-state index in [9.17, 15) is 14.3 Å². The van der Waals surface area contributed by atoms with Gasteiger partial charge in [-0.3, -0.25) is 0 Å². The Hall–Kier alpha value is -2.08. The maximum atomic E-state index is 14.4. The van der Waals surface area contributed by atoms with Crippen molar-refractivity contribution < 1.29 is 14.3 Å². The molecule has 3 N–H and O–H groups in total. The van der Waals surface area contributed by atoms with Crippen molar-refractivity contribution in [1.82, 2.24) is 10.6 Å². The first-order valence-corrected chi connectivity index (χ1v) is 9.02. The first kappa shape index (κ1) is 17.7. The molecule has 0 radical (unpaired) electrons. The molecule has 1 aromatic carbocycles. The topological polar surface area (TPSA) is 64.6 Å². The Morgan fingerprint density at radius 2 is 2.04 bits per heavy atom. The third kappa shape index (κ3) is 4.95. The summed E-state index contributed by atoms with van der Waals surface area (Å²) >= 11 is 0. The van der Waals surface area contributed by atoms with Crippen LogP contribution in [0.4, 0.5) is 14.9 Å². The highest BCUT2D eigenvalue weighted by atomic mass is 19.1. The minimum absolute atomic E-state index is 0.179. The Morgan fingerprint density at radius 1 is 1.24 bits per heavy atom. The van der Waals surface area contributed by atoms with Gasteiger partial charge in [0.25, 0.3) is 0 Å². The van der Waals surface area contributed by atoms with Gasteiger partial charge in [0.1, 0.15) is 5.82 Å². The largest absolute Gasteiger partial charge is 0.393 e. The van der Waals surface area contributed by atoms with E-state index in [1.165, 1.54) is 6.07 Å². The van der Waals surface area contributed by atoms with E-state index in [0.29, 0.717) is 38.2 Å². The molecule has 1 aromatic rings. The van der Waals surface area contributed by atoms with Crippen LogP contribution in [0.1, 0.15) is 37.7 Å². The Bertz CT molecular complexity index is 627. The van der Waals surface area contributed by atoms with Gasteiger partial charge in [0, 0.05) is 25.7 Å². The van der Waals surface area contributed by atoms with Gasteiger partial charge in [-0.1, -0.05) is 18.2 Å². The van der Waals surface area contributed by atoms with E-state index < -0.39 is 0 Å². The van der Waals surface area contributed by atoms with Crippen molar-refractivity contribution in [3.05, 3.63) is 41.7 Å². The van der Waals surface area contributed by atoms with E-state index in [1.807, 2.05) is 11.0 Å². The number of hydrogen-bond donors (Lipinski definition) is 3. The summed E-state index contributed by atoms with van der Waals surface area (Å²) in [7, 11) is 0. The number of allylic oxidation sites excluding steroid dienone is 1. The van der Waals surface area contributed by atoms with Gasteiger partial charge in [-0.25, -0.2) is 9.18 Å². The summed E-state index contributed by atoms with van der Waals surface area (Å²) in [4.78, 5) is 13.9. The van der Waals surface area contributed by atoms with E-state index in [4.69, 9.17) is 0 Å². The average molecular weight is 347 g/mol. The van der Waals surface area contributed by atoms with Gasteiger partial charge in [0.05, 0.1) is 11.8 Å². The summed E-state index contributed by atoms with van der Waals surface area (Å²) in [5.74, 6) is -0.284. The lowest BCUT2D eigenvalue weighted by atomic mass is 10.0. The van der Waals surface area contributed by atoms with Crippen LogP contribution in [0.2, 0.25) is 0 Å². The Morgan fingerprint density at radius 3 is 2.72 bits per heavy atom. The molecule has 1 saturated heterocycles. The Labute approximate surface area is 147 Å². The van der Waals surface area contributed by atoms with Gasteiger partial charge in [-0.15, -0.1) is 0 Å². The molecule has 0 aromatic heterocycles. The van der Waals surface area contributed by atoms with E-state index in [1.54, 1.807) is 6.07 Å². The summed E-state index contributed by atoms with van der Waals surface area (Å²) in [5, 5.41) is 15.3. The van der Waals surface area contributed by atoms with Gasteiger partial charge in [0.15, 0.2) is 0 Å². The second-order valence-corrected chi connectivity index (χ2v) is 6.81. The van der Waals surface area contributed by atoms with Gasteiger partial charge in [-0.2, -0.15) is 0 Å². The number of amides is 2. The number of carbonyl (C=O) groups is 1. The molecule has 136 valence electrons. The van der Waals surface area contributed by atoms with Crippen molar-refractivity contribution in [3.8, 4) is 0 Å². The summed E-state index contributed by atoms with van der Waals surface area (Å²) in [6, 6.07) is 5.04. The summed E-state index contributed by atoms with van der Waals surface area (Å²) in [5.41, 5.74) is 1.30. The summed E-state index contributed by atoms with van der Waals surface area (Å²) in [6.45, 7) is 1.62. The molecule has 1 aliphatic carbocycles. The minimum atomic E-state index is -0.284. The number of anilines is 1. The van der Waals surface area contributed by atoms with Crippen molar-refractivity contribution in [1.29, 1.82) is 0 Å². The van der Waals surface area contributed by atoms with E-state index in [-0.39, 0.29) is 24.0 Å².